The maximum absolute atomic E-state index is 13.2. The molecule has 0 aliphatic heterocycles. The molecule has 29 heavy (non-hydrogen) atoms. The predicted octanol–water partition coefficient (Wildman–Crippen LogP) is 4.37. The summed E-state index contributed by atoms with van der Waals surface area (Å²) < 4.78 is 1.25. The maximum atomic E-state index is 13.2. The lowest BCUT2D eigenvalue weighted by Crippen LogP contribution is -2.35. The standard InChI is InChI=1S/C24H21N3O2/c1-15-12-13-18(14-17(15)3)22-25-21-11-7-6-10-20(21)24(29)27(22)26-23(28)19-9-5-4-8-16(19)2/h4-14H,1-3H3,(H,26,28). The summed E-state index contributed by atoms with van der Waals surface area (Å²) in [6, 6.07) is 20.3. The van der Waals surface area contributed by atoms with Crippen LogP contribution in [0.2, 0.25) is 0 Å². The molecule has 0 saturated carbocycles. The molecule has 1 amide bonds. The normalized spacial score (nSPS) is 10.9. The number of nitrogens with zero attached hydrogens (tertiary/aromatic N) is 2. The van der Waals surface area contributed by atoms with Gasteiger partial charge in [-0.1, -0.05) is 42.5 Å². The molecule has 144 valence electrons. The first-order chi connectivity index (χ1) is 14.0. The number of aromatic nitrogens is 2. The number of aryl methyl sites for hydroxylation is 3. The highest BCUT2D eigenvalue weighted by Gasteiger charge is 2.17. The molecule has 1 N–H and O–H groups in total. The Bertz CT molecular complexity index is 1310. The molecule has 0 aliphatic rings. The Labute approximate surface area is 168 Å². The Hall–Kier alpha value is -3.73. The summed E-state index contributed by atoms with van der Waals surface area (Å²) in [5.41, 5.74) is 7.38. The molecular formula is C24H21N3O2. The summed E-state index contributed by atoms with van der Waals surface area (Å²) in [6.07, 6.45) is 0. The Morgan fingerprint density at radius 1 is 0.862 bits per heavy atom. The topological polar surface area (TPSA) is 64.0 Å². The van der Waals surface area contributed by atoms with Crippen LogP contribution in [0.3, 0.4) is 0 Å². The van der Waals surface area contributed by atoms with E-state index in [2.05, 4.69) is 5.43 Å². The number of hydrogen-bond acceptors (Lipinski definition) is 3. The van der Waals surface area contributed by atoms with E-state index in [4.69, 9.17) is 4.98 Å². The molecule has 4 rings (SSSR count). The number of nitrogens with one attached hydrogen (secondary N) is 1. The van der Waals surface area contributed by atoms with E-state index in [1.54, 1.807) is 30.3 Å². The van der Waals surface area contributed by atoms with Crippen molar-refractivity contribution in [2.75, 3.05) is 5.43 Å². The van der Waals surface area contributed by atoms with Crippen molar-refractivity contribution in [3.63, 3.8) is 0 Å². The fourth-order valence-electron chi connectivity index (χ4n) is 3.30. The van der Waals surface area contributed by atoms with Crippen LogP contribution in [0.15, 0.2) is 71.5 Å². The zero-order chi connectivity index (χ0) is 20.5. The van der Waals surface area contributed by atoms with Gasteiger partial charge in [-0.3, -0.25) is 15.0 Å². The number of benzene rings is 3. The molecule has 0 aliphatic carbocycles. The van der Waals surface area contributed by atoms with Crippen molar-refractivity contribution >= 4 is 16.8 Å². The van der Waals surface area contributed by atoms with Gasteiger partial charge >= 0.3 is 0 Å². The minimum Gasteiger partial charge on any atom is -0.267 e. The van der Waals surface area contributed by atoms with Crippen LogP contribution in [-0.4, -0.2) is 15.6 Å². The molecule has 3 aromatic carbocycles. The Morgan fingerprint density at radius 2 is 1.59 bits per heavy atom. The third-order valence-corrected chi connectivity index (χ3v) is 5.14. The van der Waals surface area contributed by atoms with E-state index in [0.717, 1.165) is 22.3 Å². The van der Waals surface area contributed by atoms with Gasteiger partial charge in [0, 0.05) is 11.1 Å². The summed E-state index contributed by atoms with van der Waals surface area (Å²) >= 11 is 0. The molecule has 0 spiro atoms. The molecule has 0 unspecified atom stereocenters. The highest BCUT2D eigenvalue weighted by Crippen LogP contribution is 2.21. The van der Waals surface area contributed by atoms with E-state index in [-0.39, 0.29) is 11.5 Å². The van der Waals surface area contributed by atoms with Crippen molar-refractivity contribution in [2.24, 2.45) is 0 Å². The van der Waals surface area contributed by atoms with Gasteiger partial charge in [-0.2, -0.15) is 4.68 Å². The lowest BCUT2D eigenvalue weighted by atomic mass is 10.1. The molecule has 4 aromatic rings. The average molecular weight is 383 g/mol. The first-order valence-corrected chi connectivity index (χ1v) is 9.42. The number of hydrogen-bond donors (Lipinski definition) is 1. The molecule has 1 aromatic heterocycles. The van der Waals surface area contributed by atoms with Gasteiger partial charge in [0.05, 0.1) is 10.9 Å². The van der Waals surface area contributed by atoms with E-state index in [1.165, 1.54) is 4.68 Å². The maximum Gasteiger partial charge on any atom is 0.280 e. The Morgan fingerprint density at radius 3 is 2.34 bits per heavy atom. The van der Waals surface area contributed by atoms with Crippen LogP contribution >= 0.6 is 0 Å². The van der Waals surface area contributed by atoms with Gasteiger partial charge in [-0.05, 0) is 61.7 Å². The van der Waals surface area contributed by atoms with Crippen molar-refractivity contribution in [3.8, 4) is 11.4 Å². The van der Waals surface area contributed by atoms with Crippen LogP contribution in [-0.2, 0) is 0 Å². The number of fused-ring (bicyclic) bond motifs is 1. The fourth-order valence-corrected chi connectivity index (χ4v) is 3.30. The van der Waals surface area contributed by atoms with Crippen molar-refractivity contribution < 1.29 is 4.79 Å². The van der Waals surface area contributed by atoms with Crippen LogP contribution in [0.1, 0.15) is 27.0 Å². The highest BCUT2D eigenvalue weighted by atomic mass is 16.2. The van der Waals surface area contributed by atoms with Crippen molar-refractivity contribution in [1.82, 2.24) is 9.66 Å². The quantitative estimate of drug-likeness (QED) is 0.571. The van der Waals surface area contributed by atoms with Crippen LogP contribution in [0.4, 0.5) is 0 Å². The molecule has 0 bridgehead atoms. The summed E-state index contributed by atoms with van der Waals surface area (Å²) in [4.78, 5) is 30.9. The third-order valence-electron chi connectivity index (χ3n) is 5.14. The third kappa shape index (κ3) is 3.43. The van der Waals surface area contributed by atoms with E-state index >= 15 is 0 Å². The number of amides is 1. The molecule has 1 heterocycles. The van der Waals surface area contributed by atoms with E-state index in [0.29, 0.717) is 22.3 Å². The van der Waals surface area contributed by atoms with Crippen LogP contribution in [0.25, 0.3) is 22.3 Å². The molecule has 0 fully saturated rings. The lowest BCUT2D eigenvalue weighted by molar-refractivity contribution is 0.101. The van der Waals surface area contributed by atoms with E-state index in [9.17, 15) is 9.59 Å². The number of carbonyl (C=O) groups excluding carboxylic acids is 1. The largest absolute Gasteiger partial charge is 0.280 e. The van der Waals surface area contributed by atoms with Gasteiger partial charge in [0.1, 0.15) is 0 Å². The van der Waals surface area contributed by atoms with E-state index < -0.39 is 0 Å². The summed E-state index contributed by atoms with van der Waals surface area (Å²) in [5, 5.41) is 0.449. The van der Waals surface area contributed by atoms with Gasteiger partial charge < -0.3 is 0 Å². The van der Waals surface area contributed by atoms with Gasteiger partial charge in [0.2, 0.25) is 0 Å². The summed E-state index contributed by atoms with van der Waals surface area (Å²) in [7, 11) is 0. The van der Waals surface area contributed by atoms with Gasteiger partial charge in [0.15, 0.2) is 5.82 Å². The highest BCUT2D eigenvalue weighted by molar-refractivity contribution is 6.01. The first kappa shape index (κ1) is 18.6. The fraction of sp³-hybridized carbons (Fsp3) is 0.125. The summed E-state index contributed by atoms with van der Waals surface area (Å²) in [5.74, 6) is 0.0473. The zero-order valence-corrected chi connectivity index (χ0v) is 16.6. The monoisotopic (exact) mass is 383 g/mol. The Balaban J connectivity index is 1.92. The molecule has 0 atom stereocenters. The van der Waals surface area contributed by atoms with E-state index in [1.807, 2.05) is 57.2 Å². The second kappa shape index (κ2) is 7.36. The van der Waals surface area contributed by atoms with Crippen LogP contribution < -0.4 is 11.0 Å². The average Bonchev–Trinajstić information content (AvgIpc) is 2.72. The van der Waals surface area contributed by atoms with Crippen LogP contribution in [0, 0.1) is 20.8 Å². The molecular weight excluding hydrogens is 362 g/mol. The smallest absolute Gasteiger partial charge is 0.267 e. The molecule has 5 nitrogen and oxygen atoms in total. The number of para-hydroxylation sites is 1. The predicted molar refractivity (Wildman–Crippen MR) is 116 cm³/mol. The number of carbonyl (C=O) groups is 1. The molecule has 5 heteroatoms. The second-order valence-electron chi connectivity index (χ2n) is 7.15. The minimum absolute atomic E-state index is 0.314. The molecule has 0 saturated heterocycles. The van der Waals surface area contributed by atoms with Gasteiger partial charge in [0.25, 0.3) is 11.5 Å². The summed E-state index contributed by atoms with van der Waals surface area (Å²) in [6.45, 7) is 5.90. The first-order valence-electron chi connectivity index (χ1n) is 9.42. The van der Waals surface area contributed by atoms with Crippen molar-refractivity contribution in [2.45, 2.75) is 20.8 Å². The Kier molecular flexibility index (Phi) is 4.72. The zero-order valence-electron chi connectivity index (χ0n) is 16.6. The van der Waals surface area contributed by atoms with Crippen molar-refractivity contribution in [1.29, 1.82) is 0 Å². The number of rotatable bonds is 3. The van der Waals surface area contributed by atoms with Gasteiger partial charge in [-0.15, -0.1) is 0 Å². The SMILES string of the molecule is Cc1ccc(-c2nc3ccccc3c(=O)n2NC(=O)c2ccccc2C)cc1C. The molecule has 0 radical (unpaired) electrons. The van der Waals surface area contributed by atoms with Crippen molar-refractivity contribution in [3.05, 3.63) is 99.3 Å². The van der Waals surface area contributed by atoms with Gasteiger partial charge in [-0.25, -0.2) is 4.98 Å². The van der Waals surface area contributed by atoms with Crippen LogP contribution in [0.5, 0.6) is 0 Å². The lowest BCUT2D eigenvalue weighted by Gasteiger charge is -2.16. The second-order valence-corrected chi connectivity index (χ2v) is 7.15. The minimum atomic E-state index is -0.354.